The number of hydrogen-bond donors (Lipinski definition) is 1. The van der Waals surface area contributed by atoms with Gasteiger partial charge in [-0.3, -0.25) is 9.67 Å². The van der Waals surface area contributed by atoms with Gasteiger partial charge in [-0.05, 0) is 32.5 Å². The van der Waals surface area contributed by atoms with Crippen molar-refractivity contribution in [2.45, 2.75) is 25.9 Å². The number of aromatic nitrogens is 3. The molecular formula is C13H17ClN4. The van der Waals surface area contributed by atoms with E-state index in [1.165, 1.54) is 0 Å². The topological polar surface area (TPSA) is 42.7 Å². The van der Waals surface area contributed by atoms with E-state index >= 15 is 0 Å². The van der Waals surface area contributed by atoms with Gasteiger partial charge in [0.2, 0.25) is 0 Å². The Labute approximate surface area is 112 Å². The molecular weight excluding hydrogens is 248 g/mol. The monoisotopic (exact) mass is 264 g/mol. The maximum atomic E-state index is 6.27. The van der Waals surface area contributed by atoms with E-state index < -0.39 is 0 Å². The first kappa shape index (κ1) is 13.1. The Hall–Kier alpha value is -1.39. The Morgan fingerprint density at radius 2 is 2.11 bits per heavy atom. The third kappa shape index (κ3) is 2.40. The molecule has 0 saturated carbocycles. The molecule has 2 aromatic rings. The van der Waals surface area contributed by atoms with Crippen molar-refractivity contribution in [1.29, 1.82) is 0 Å². The number of pyridine rings is 1. The average molecular weight is 265 g/mol. The quantitative estimate of drug-likeness (QED) is 0.923. The molecule has 5 heteroatoms. The molecule has 0 aliphatic heterocycles. The van der Waals surface area contributed by atoms with E-state index in [0.717, 1.165) is 11.3 Å². The van der Waals surface area contributed by atoms with Gasteiger partial charge in [-0.15, -0.1) is 0 Å². The third-order valence-electron chi connectivity index (χ3n) is 2.86. The van der Waals surface area contributed by atoms with E-state index in [0.29, 0.717) is 5.02 Å². The summed E-state index contributed by atoms with van der Waals surface area (Å²) in [7, 11) is 1.91. The highest BCUT2D eigenvalue weighted by molar-refractivity contribution is 6.31. The predicted molar refractivity (Wildman–Crippen MR) is 72.8 cm³/mol. The Morgan fingerprint density at radius 3 is 2.67 bits per heavy atom. The lowest BCUT2D eigenvalue weighted by Crippen LogP contribution is -2.22. The van der Waals surface area contributed by atoms with Gasteiger partial charge in [0.25, 0.3) is 0 Å². The molecule has 0 spiro atoms. The second kappa shape index (κ2) is 5.50. The maximum absolute atomic E-state index is 6.27. The molecule has 0 saturated heterocycles. The van der Waals surface area contributed by atoms with Crippen LogP contribution in [0.15, 0.2) is 30.7 Å². The third-order valence-corrected chi connectivity index (χ3v) is 3.15. The van der Waals surface area contributed by atoms with Gasteiger partial charge in [0, 0.05) is 18.4 Å². The van der Waals surface area contributed by atoms with Crippen LogP contribution in [-0.2, 0) is 0 Å². The smallest absolute Gasteiger partial charge is 0.0837 e. The van der Waals surface area contributed by atoms with Crippen LogP contribution in [0, 0.1) is 0 Å². The van der Waals surface area contributed by atoms with Gasteiger partial charge in [-0.2, -0.15) is 5.10 Å². The van der Waals surface area contributed by atoms with Gasteiger partial charge < -0.3 is 5.32 Å². The SMILES string of the molecule is CNC(c1cccnc1)c1c(Cl)cnn1C(C)C. The first-order valence-corrected chi connectivity index (χ1v) is 6.33. The molecule has 2 heterocycles. The lowest BCUT2D eigenvalue weighted by Gasteiger charge is -2.20. The fourth-order valence-electron chi connectivity index (χ4n) is 2.04. The number of nitrogens with zero attached hydrogens (tertiary/aromatic N) is 3. The zero-order valence-electron chi connectivity index (χ0n) is 10.8. The molecule has 0 aromatic carbocycles. The van der Waals surface area contributed by atoms with Crippen LogP contribution in [0.4, 0.5) is 0 Å². The van der Waals surface area contributed by atoms with Gasteiger partial charge in [-0.1, -0.05) is 17.7 Å². The molecule has 2 rings (SSSR count). The van der Waals surface area contributed by atoms with E-state index in [1.54, 1.807) is 12.4 Å². The molecule has 1 N–H and O–H groups in total. The molecule has 4 nitrogen and oxygen atoms in total. The molecule has 0 aliphatic carbocycles. The summed E-state index contributed by atoms with van der Waals surface area (Å²) in [5.41, 5.74) is 2.05. The van der Waals surface area contributed by atoms with Gasteiger partial charge in [0.15, 0.2) is 0 Å². The molecule has 96 valence electrons. The summed E-state index contributed by atoms with van der Waals surface area (Å²) >= 11 is 6.27. The van der Waals surface area contributed by atoms with Crippen molar-refractivity contribution in [2.24, 2.45) is 0 Å². The molecule has 2 aromatic heterocycles. The summed E-state index contributed by atoms with van der Waals surface area (Å²) in [4.78, 5) is 4.15. The molecule has 1 atom stereocenters. The van der Waals surface area contributed by atoms with E-state index in [1.807, 2.05) is 30.1 Å². The van der Waals surface area contributed by atoms with Crippen LogP contribution in [-0.4, -0.2) is 21.8 Å². The number of nitrogens with one attached hydrogen (secondary N) is 1. The van der Waals surface area contributed by atoms with Gasteiger partial charge in [0.1, 0.15) is 0 Å². The molecule has 1 unspecified atom stereocenters. The lowest BCUT2D eigenvalue weighted by atomic mass is 10.1. The van der Waals surface area contributed by atoms with Crippen molar-refractivity contribution in [1.82, 2.24) is 20.1 Å². The van der Waals surface area contributed by atoms with Crippen molar-refractivity contribution in [2.75, 3.05) is 7.05 Å². The number of halogens is 1. The van der Waals surface area contributed by atoms with Crippen molar-refractivity contribution >= 4 is 11.6 Å². The average Bonchev–Trinajstić information content (AvgIpc) is 2.74. The van der Waals surface area contributed by atoms with Crippen molar-refractivity contribution in [3.63, 3.8) is 0 Å². The summed E-state index contributed by atoms with van der Waals surface area (Å²) in [5, 5.41) is 8.28. The van der Waals surface area contributed by atoms with Crippen LogP contribution in [0.5, 0.6) is 0 Å². The highest BCUT2D eigenvalue weighted by atomic mass is 35.5. The maximum Gasteiger partial charge on any atom is 0.0837 e. The summed E-state index contributed by atoms with van der Waals surface area (Å²) in [6.07, 6.45) is 5.30. The minimum atomic E-state index is -0.00361. The fraction of sp³-hybridized carbons (Fsp3) is 0.385. The highest BCUT2D eigenvalue weighted by Gasteiger charge is 2.21. The second-order valence-electron chi connectivity index (χ2n) is 4.42. The second-order valence-corrected chi connectivity index (χ2v) is 4.83. The van der Waals surface area contributed by atoms with Crippen LogP contribution < -0.4 is 5.32 Å². The van der Waals surface area contributed by atoms with Crippen LogP contribution in [0.3, 0.4) is 0 Å². The van der Waals surface area contributed by atoms with Crippen LogP contribution >= 0.6 is 11.6 Å². The lowest BCUT2D eigenvalue weighted by molar-refractivity contribution is 0.484. The van der Waals surface area contributed by atoms with Crippen molar-refractivity contribution in [3.05, 3.63) is 47.0 Å². The zero-order valence-corrected chi connectivity index (χ0v) is 11.5. The van der Waals surface area contributed by atoms with Gasteiger partial charge in [0.05, 0.1) is 23.0 Å². The zero-order chi connectivity index (χ0) is 13.1. The molecule has 0 aliphatic rings. The molecule has 0 bridgehead atoms. The van der Waals surface area contributed by atoms with Crippen LogP contribution in [0.1, 0.15) is 37.2 Å². The van der Waals surface area contributed by atoms with Crippen molar-refractivity contribution in [3.8, 4) is 0 Å². The van der Waals surface area contributed by atoms with E-state index in [9.17, 15) is 0 Å². The fourth-order valence-corrected chi connectivity index (χ4v) is 2.28. The Kier molecular flexibility index (Phi) is 3.99. The van der Waals surface area contributed by atoms with Gasteiger partial charge in [-0.25, -0.2) is 0 Å². The molecule has 0 amide bonds. The van der Waals surface area contributed by atoms with E-state index in [-0.39, 0.29) is 12.1 Å². The highest BCUT2D eigenvalue weighted by Crippen LogP contribution is 2.29. The summed E-state index contributed by atoms with van der Waals surface area (Å²) in [5.74, 6) is 0. The molecule has 0 fully saturated rings. The molecule has 0 radical (unpaired) electrons. The van der Waals surface area contributed by atoms with Crippen LogP contribution in [0.2, 0.25) is 5.02 Å². The molecule has 18 heavy (non-hydrogen) atoms. The van der Waals surface area contributed by atoms with Crippen LogP contribution in [0.25, 0.3) is 0 Å². The summed E-state index contributed by atoms with van der Waals surface area (Å²) < 4.78 is 1.94. The van der Waals surface area contributed by atoms with E-state index in [4.69, 9.17) is 11.6 Å². The standard InChI is InChI=1S/C13H17ClN4/c1-9(2)18-13(11(14)8-17-18)12(15-3)10-5-4-6-16-7-10/h4-9,12,15H,1-3H3. The summed E-state index contributed by atoms with van der Waals surface area (Å²) in [6, 6.07) is 4.21. The largest absolute Gasteiger partial charge is 0.308 e. The van der Waals surface area contributed by atoms with Gasteiger partial charge >= 0.3 is 0 Å². The minimum absolute atomic E-state index is 0.00361. The number of rotatable bonds is 4. The first-order chi connectivity index (χ1) is 8.65. The summed E-state index contributed by atoms with van der Waals surface area (Å²) in [6.45, 7) is 4.17. The van der Waals surface area contributed by atoms with Crippen molar-refractivity contribution < 1.29 is 0 Å². The Bertz CT molecular complexity index is 507. The number of hydrogen-bond acceptors (Lipinski definition) is 3. The predicted octanol–water partition coefficient (Wildman–Crippen LogP) is 2.82. The normalized spacial score (nSPS) is 12.9. The Balaban J connectivity index is 2.48. The van der Waals surface area contributed by atoms with E-state index in [2.05, 4.69) is 29.2 Å². The first-order valence-electron chi connectivity index (χ1n) is 5.95. The Morgan fingerprint density at radius 1 is 1.33 bits per heavy atom. The minimum Gasteiger partial charge on any atom is -0.308 e.